The van der Waals surface area contributed by atoms with Crippen molar-refractivity contribution in [3.63, 3.8) is 0 Å². The number of nitrogens with one attached hydrogen (secondary N) is 3. The molecule has 0 aliphatic carbocycles. The molecule has 3 rings (SSSR count). The van der Waals surface area contributed by atoms with E-state index in [0.717, 1.165) is 59.2 Å². The number of rotatable bonds is 8. The van der Waals surface area contributed by atoms with Gasteiger partial charge in [0.1, 0.15) is 0 Å². The van der Waals surface area contributed by atoms with E-state index in [9.17, 15) is 0 Å². The molecule has 0 spiro atoms. The summed E-state index contributed by atoms with van der Waals surface area (Å²) in [6.45, 7) is 5.28. The van der Waals surface area contributed by atoms with Gasteiger partial charge in [0.15, 0.2) is 5.82 Å². The molecule has 0 amide bonds. The van der Waals surface area contributed by atoms with Crippen LogP contribution in [-0.2, 0) is 0 Å². The van der Waals surface area contributed by atoms with E-state index in [1.165, 1.54) is 0 Å². The molecule has 1 heterocycles. The van der Waals surface area contributed by atoms with Crippen LogP contribution in [0.15, 0.2) is 48.5 Å². The summed E-state index contributed by atoms with van der Waals surface area (Å²) < 4.78 is 0. The lowest BCUT2D eigenvalue weighted by Gasteiger charge is -2.11. The molecule has 0 aliphatic heterocycles. The Hall–Kier alpha value is -2.37. The van der Waals surface area contributed by atoms with Crippen molar-refractivity contribution in [3.8, 4) is 0 Å². The van der Waals surface area contributed by atoms with Crippen LogP contribution in [0.3, 0.4) is 0 Å². The quantitative estimate of drug-likeness (QED) is 0.538. The lowest BCUT2D eigenvalue weighted by Crippen LogP contribution is -2.27. The number of benzene rings is 2. The van der Waals surface area contributed by atoms with E-state index in [0.29, 0.717) is 0 Å². The summed E-state index contributed by atoms with van der Waals surface area (Å²) in [5.41, 5.74) is 1.91. The first-order valence-corrected chi connectivity index (χ1v) is 8.78. The number of nitrogens with zero attached hydrogens (tertiary/aromatic N) is 2. The Bertz CT molecular complexity index is 837. The second kappa shape index (κ2) is 8.65. The molecule has 0 unspecified atom stereocenters. The molecule has 25 heavy (non-hydrogen) atoms. The minimum absolute atomic E-state index is 0.744. The molecule has 0 atom stereocenters. The molecule has 0 aliphatic rings. The Balaban J connectivity index is 1.41. The molecule has 3 N–H and O–H groups in total. The van der Waals surface area contributed by atoms with Crippen LogP contribution in [0, 0.1) is 6.92 Å². The number of aryl methyl sites for hydroxylation is 1. The lowest BCUT2D eigenvalue weighted by atomic mass is 10.1. The number of halogens is 1. The standard InChI is InChI=1S/C19H22ClN5/c1-14-15-6-2-3-7-16(15)19(25-24-14)23-13-11-21-10-12-22-18-9-5-4-8-17(18)20/h2-9,21-22H,10-13H2,1H3,(H,23,25). The summed E-state index contributed by atoms with van der Waals surface area (Å²) in [4.78, 5) is 0. The zero-order valence-electron chi connectivity index (χ0n) is 14.2. The molecule has 0 saturated heterocycles. The second-order valence-corrected chi connectivity index (χ2v) is 6.17. The lowest BCUT2D eigenvalue weighted by molar-refractivity contribution is 0.717. The van der Waals surface area contributed by atoms with Crippen LogP contribution in [0.4, 0.5) is 11.5 Å². The maximum absolute atomic E-state index is 6.11. The van der Waals surface area contributed by atoms with Gasteiger partial charge in [-0.3, -0.25) is 0 Å². The molecule has 6 heteroatoms. The zero-order chi connectivity index (χ0) is 17.5. The Labute approximate surface area is 152 Å². The van der Waals surface area contributed by atoms with E-state index < -0.39 is 0 Å². The molecule has 0 saturated carbocycles. The topological polar surface area (TPSA) is 61.9 Å². The van der Waals surface area contributed by atoms with E-state index in [4.69, 9.17) is 11.6 Å². The molecule has 2 aromatic carbocycles. The van der Waals surface area contributed by atoms with Crippen molar-refractivity contribution in [2.45, 2.75) is 6.92 Å². The summed E-state index contributed by atoms with van der Waals surface area (Å²) >= 11 is 6.11. The third-order valence-corrected chi connectivity index (χ3v) is 4.29. The molecule has 0 fully saturated rings. The normalized spacial score (nSPS) is 10.8. The fourth-order valence-corrected chi connectivity index (χ4v) is 2.86. The first-order chi connectivity index (χ1) is 12.3. The van der Waals surface area contributed by atoms with Crippen LogP contribution in [-0.4, -0.2) is 36.4 Å². The second-order valence-electron chi connectivity index (χ2n) is 5.76. The average molecular weight is 356 g/mol. The van der Waals surface area contributed by atoms with Crippen LogP contribution in [0.5, 0.6) is 0 Å². The third-order valence-electron chi connectivity index (χ3n) is 3.96. The number of fused-ring (bicyclic) bond motifs is 1. The van der Waals surface area contributed by atoms with Gasteiger partial charge in [-0.2, -0.15) is 5.10 Å². The summed E-state index contributed by atoms with van der Waals surface area (Å²) in [6.07, 6.45) is 0. The van der Waals surface area contributed by atoms with Gasteiger partial charge in [0.25, 0.3) is 0 Å². The zero-order valence-corrected chi connectivity index (χ0v) is 15.0. The molecular formula is C19H22ClN5. The predicted molar refractivity (Wildman–Crippen MR) is 106 cm³/mol. The van der Waals surface area contributed by atoms with E-state index in [-0.39, 0.29) is 0 Å². The summed E-state index contributed by atoms with van der Waals surface area (Å²) in [5, 5.41) is 21.5. The van der Waals surface area contributed by atoms with Crippen LogP contribution < -0.4 is 16.0 Å². The van der Waals surface area contributed by atoms with Gasteiger partial charge in [0.05, 0.1) is 16.4 Å². The molecule has 0 bridgehead atoms. The van der Waals surface area contributed by atoms with Gasteiger partial charge in [0.2, 0.25) is 0 Å². The fraction of sp³-hybridized carbons (Fsp3) is 0.263. The predicted octanol–water partition coefficient (Wildman–Crippen LogP) is 3.71. The molecule has 5 nitrogen and oxygen atoms in total. The van der Waals surface area contributed by atoms with Crippen molar-refractivity contribution in [2.24, 2.45) is 0 Å². The summed E-state index contributed by atoms with van der Waals surface area (Å²) in [6, 6.07) is 15.9. The minimum atomic E-state index is 0.744. The van der Waals surface area contributed by atoms with Gasteiger partial charge < -0.3 is 16.0 Å². The Morgan fingerprint density at radius 1 is 0.800 bits per heavy atom. The van der Waals surface area contributed by atoms with Crippen molar-refractivity contribution in [2.75, 3.05) is 36.8 Å². The number of hydrogen-bond donors (Lipinski definition) is 3. The monoisotopic (exact) mass is 355 g/mol. The van der Waals surface area contributed by atoms with Gasteiger partial charge in [-0.05, 0) is 19.1 Å². The van der Waals surface area contributed by atoms with Crippen LogP contribution in [0.25, 0.3) is 10.8 Å². The smallest absolute Gasteiger partial charge is 0.156 e. The van der Waals surface area contributed by atoms with Crippen molar-refractivity contribution < 1.29 is 0 Å². The summed E-state index contributed by atoms with van der Waals surface area (Å²) in [7, 11) is 0. The molecular weight excluding hydrogens is 334 g/mol. The minimum Gasteiger partial charge on any atom is -0.383 e. The van der Waals surface area contributed by atoms with E-state index in [1.807, 2.05) is 43.3 Å². The highest BCUT2D eigenvalue weighted by molar-refractivity contribution is 6.33. The molecule has 130 valence electrons. The van der Waals surface area contributed by atoms with Gasteiger partial charge >= 0.3 is 0 Å². The highest BCUT2D eigenvalue weighted by Crippen LogP contribution is 2.22. The van der Waals surface area contributed by atoms with Gasteiger partial charge in [-0.25, -0.2) is 0 Å². The number of hydrogen-bond acceptors (Lipinski definition) is 5. The SMILES string of the molecule is Cc1nnc(NCCNCCNc2ccccc2Cl)c2ccccc12. The van der Waals surface area contributed by atoms with Crippen LogP contribution in [0.1, 0.15) is 5.69 Å². The Morgan fingerprint density at radius 3 is 2.28 bits per heavy atom. The Kier molecular flexibility index (Phi) is 6.04. The fourth-order valence-electron chi connectivity index (χ4n) is 2.65. The first kappa shape index (κ1) is 17.5. The third kappa shape index (κ3) is 4.59. The van der Waals surface area contributed by atoms with Crippen molar-refractivity contribution in [1.82, 2.24) is 15.5 Å². The number of para-hydroxylation sites is 1. The van der Waals surface area contributed by atoms with Crippen molar-refractivity contribution >= 4 is 33.9 Å². The number of aromatic nitrogens is 2. The largest absolute Gasteiger partial charge is 0.383 e. The van der Waals surface area contributed by atoms with Crippen molar-refractivity contribution in [1.29, 1.82) is 0 Å². The van der Waals surface area contributed by atoms with Gasteiger partial charge in [-0.15, -0.1) is 5.10 Å². The molecule has 1 aromatic heterocycles. The van der Waals surface area contributed by atoms with Crippen LogP contribution >= 0.6 is 11.6 Å². The highest BCUT2D eigenvalue weighted by atomic mass is 35.5. The summed E-state index contributed by atoms with van der Waals surface area (Å²) in [5.74, 6) is 0.831. The van der Waals surface area contributed by atoms with E-state index in [1.54, 1.807) is 0 Å². The van der Waals surface area contributed by atoms with Crippen molar-refractivity contribution in [3.05, 3.63) is 59.2 Å². The molecule has 0 radical (unpaired) electrons. The van der Waals surface area contributed by atoms with Crippen LogP contribution in [0.2, 0.25) is 5.02 Å². The maximum atomic E-state index is 6.11. The number of anilines is 2. The van der Waals surface area contributed by atoms with Gasteiger partial charge in [0, 0.05) is 37.0 Å². The maximum Gasteiger partial charge on any atom is 0.156 e. The molecule has 3 aromatic rings. The van der Waals surface area contributed by atoms with E-state index >= 15 is 0 Å². The van der Waals surface area contributed by atoms with E-state index in [2.05, 4.69) is 38.3 Å². The Morgan fingerprint density at radius 2 is 1.48 bits per heavy atom. The average Bonchev–Trinajstić information content (AvgIpc) is 2.64. The highest BCUT2D eigenvalue weighted by Gasteiger charge is 2.05. The van der Waals surface area contributed by atoms with Gasteiger partial charge in [-0.1, -0.05) is 48.0 Å². The first-order valence-electron chi connectivity index (χ1n) is 8.41.